The van der Waals surface area contributed by atoms with Gasteiger partial charge in [-0.2, -0.15) is 0 Å². The van der Waals surface area contributed by atoms with E-state index in [4.69, 9.17) is 9.57 Å². The van der Waals surface area contributed by atoms with Crippen molar-refractivity contribution >= 4 is 17.5 Å². The molecule has 3 atom stereocenters. The largest absolute Gasteiger partial charge is 0.383 e. The molecule has 0 unspecified atom stereocenters. The van der Waals surface area contributed by atoms with Gasteiger partial charge in [0.25, 0.3) is 5.91 Å². The number of nitrogens with zero attached hydrogens (tertiary/aromatic N) is 3. The maximum absolute atomic E-state index is 13.0. The number of aromatic nitrogens is 1. The van der Waals surface area contributed by atoms with Gasteiger partial charge in [-0.3, -0.25) is 24.3 Å². The number of fused-ring (bicyclic) bond motifs is 1. The number of ether oxygens (including phenoxy) is 1. The van der Waals surface area contributed by atoms with Crippen molar-refractivity contribution in [3.8, 4) is 0 Å². The molecule has 134 valence electrons. The first-order valence-electron chi connectivity index (χ1n) is 8.47. The van der Waals surface area contributed by atoms with E-state index >= 15 is 0 Å². The first-order valence-corrected chi connectivity index (χ1v) is 8.47. The minimum atomic E-state index is -0.822. The Morgan fingerprint density at radius 3 is 2.50 bits per heavy atom. The minimum Gasteiger partial charge on any atom is -0.383 e. The summed E-state index contributed by atoms with van der Waals surface area (Å²) in [6.07, 6.45) is 2.53. The van der Waals surface area contributed by atoms with E-state index in [1.807, 2.05) is 42.5 Å². The number of hydrogen-bond acceptors (Lipinski definition) is 6. The number of pyridine rings is 1. The summed E-state index contributed by atoms with van der Waals surface area (Å²) in [4.78, 5) is 37.0. The molecule has 1 aromatic carbocycles. The van der Waals surface area contributed by atoms with Crippen LogP contribution in [-0.4, -0.2) is 48.1 Å². The minimum absolute atomic E-state index is 0.225. The van der Waals surface area contributed by atoms with E-state index in [0.717, 1.165) is 11.3 Å². The summed E-state index contributed by atoms with van der Waals surface area (Å²) in [6, 6.07) is 12.8. The zero-order valence-corrected chi connectivity index (χ0v) is 14.3. The zero-order chi connectivity index (χ0) is 18.1. The SMILES string of the molecule is COCCN1C(=O)[C@@H]2[C@H](ON(c3ccccc3)[C@H]2c2ccncc2)C1=O. The molecule has 26 heavy (non-hydrogen) atoms. The molecule has 2 aromatic rings. The fourth-order valence-electron chi connectivity index (χ4n) is 3.57. The smallest absolute Gasteiger partial charge is 0.262 e. The Bertz CT molecular complexity index is 799. The molecule has 7 heteroatoms. The van der Waals surface area contributed by atoms with Crippen LogP contribution >= 0.6 is 0 Å². The molecule has 2 aliphatic heterocycles. The topological polar surface area (TPSA) is 72.0 Å². The number of amides is 2. The standard InChI is InChI=1S/C19H19N3O4/c1-25-12-11-21-18(23)15-16(13-7-9-20-10-8-13)22(26-17(15)19(21)24)14-5-3-2-4-6-14/h2-10,15-17H,11-12H2,1H3/t15-,16-,17-/m0/s1. The number of hydrogen-bond donors (Lipinski definition) is 0. The average Bonchev–Trinajstić information content (AvgIpc) is 3.19. The number of rotatable bonds is 5. The quantitative estimate of drug-likeness (QED) is 0.760. The third-order valence-corrected chi connectivity index (χ3v) is 4.78. The average molecular weight is 353 g/mol. The summed E-state index contributed by atoms with van der Waals surface area (Å²) in [6.45, 7) is 0.540. The number of methoxy groups -OCH3 is 1. The van der Waals surface area contributed by atoms with Crippen LogP contribution in [0.4, 0.5) is 5.69 Å². The van der Waals surface area contributed by atoms with Crippen molar-refractivity contribution in [1.29, 1.82) is 0 Å². The van der Waals surface area contributed by atoms with E-state index in [1.54, 1.807) is 24.6 Å². The van der Waals surface area contributed by atoms with Crippen LogP contribution in [0.15, 0.2) is 54.9 Å². The summed E-state index contributed by atoms with van der Waals surface area (Å²) < 4.78 is 5.02. The highest BCUT2D eigenvalue weighted by molar-refractivity contribution is 6.07. The fraction of sp³-hybridized carbons (Fsp3) is 0.316. The molecule has 4 rings (SSSR count). The molecule has 0 N–H and O–H groups in total. The van der Waals surface area contributed by atoms with Gasteiger partial charge < -0.3 is 4.74 Å². The summed E-state index contributed by atoms with van der Waals surface area (Å²) in [5.41, 5.74) is 1.68. The van der Waals surface area contributed by atoms with Gasteiger partial charge in [-0.1, -0.05) is 18.2 Å². The van der Waals surface area contributed by atoms with Crippen LogP contribution in [0.1, 0.15) is 11.6 Å². The Kier molecular flexibility index (Phi) is 4.40. The third kappa shape index (κ3) is 2.65. The molecule has 0 bridgehead atoms. The lowest BCUT2D eigenvalue weighted by atomic mass is 9.91. The second-order valence-electron chi connectivity index (χ2n) is 6.26. The van der Waals surface area contributed by atoms with Crippen molar-refractivity contribution in [2.45, 2.75) is 12.1 Å². The van der Waals surface area contributed by atoms with E-state index in [9.17, 15) is 9.59 Å². The van der Waals surface area contributed by atoms with E-state index in [1.165, 1.54) is 4.90 Å². The summed E-state index contributed by atoms with van der Waals surface area (Å²) in [7, 11) is 1.54. The lowest BCUT2D eigenvalue weighted by molar-refractivity contribution is -0.143. The van der Waals surface area contributed by atoms with Gasteiger partial charge in [0.15, 0.2) is 6.10 Å². The highest BCUT2D eigenvalue weighted by Crippen LogP contribution is 2.46. The molecule has 1 aromatic heterocycles. The molecule has 3 heterocycles. The number of para-hydroxylation sites is 1. The maximum Gasteiger partial charge on any atom is 0.262 e. The summed E-state index contributed by atoms with van der Waals surface area (Å²) >= 11 is 0. The van der Waals surface area contributed by atoms with Crippen LogP contribution in [0, 0.1) is 5.92 Å². The number of benzene rings is 1. The highest BCUT2D eigenvalue weighted by atomic mass is 16.7. The van der Waals surface area contributed by atoms with Gasteiger partial charge in [0.05, 0.1) is 24.9 Å². The molecular formula is C19H19N3O4. The molecule has 2 aliphatic rings. The van der Waals surface area contributed by atoms with Crippen molar-refractivity contribution < 1.29 is 19.2 Å². The van der Waals surface area contributed by atoms with Gasteiger partial charge in [-0.25, -0.2) is 5.06 Å². The Hall–Kier alpha value is -2.77. The van der Waals surface area contributed by atoms with Crippen LogP contribution < -0.4 is 5.06 Å². The van der Waals surface area contributed by atoms with Crippen molar-refractivity contribution in [2.24, 2.45) is 5.92 Å². The predicted molar refractivity (Wildman–Crippen MR) is 92.9 cm³/mol. The van der Waals surface area contributed by atoms with Crippen molar-refractivity contribution in [2.75, 3.05) is 25.3 Å². The Labute approximate surface area is 151 Å². The molecule has 0 aliphatic carbocycles. The van der Waals surface area contributed by atoms with Crippen LogP contribution in [0.25, 0.3) is 0 Å². The first-order chi connectivity index (χ1) is 12.7. The Balaban J connectivity index is 1.73. The number of carbonyl (C=O) groups is 2. The maximum atomic E-state index is 13.0. The van der Waals surface area contributed by atoms with Crippen LogP contribution in [0.2, 0.25) is 0 Å². The van der Waals surface area contributed by atoms with Crippen LogP contribution in [0.3, 0.4) is 0 Å². The highest BCUT2D eigenvalue weighted by Gasteiger charge is 2.59. The third-order valence-electron chi connectivity index (χ3n) is 4.78. The van der Waals surface area contributed by atoms with Gasteiger partial charge in [0, 0.05) is 19.5 Å². The van der Waals surface area contributed by atoms with E-state index in [0.29, 0.717) is 6.61 Å². The van der Waals surface area contributed by atoms with Crippen molar-refractivity contribution in [1.82, 2.24) is 9.88 Å². The number of imide groups is 1. The Morgan fingerprint density at radius 2 is 1.81 bits per heavy atom. The molecular weight excluding hydrogens is 334 g/mol. The van der Waals surface area contributed by atoms with Gasteiger partial charge >= 0.3 is 0 Å². The summed E-state index contributed by atoms with van der Waals surface area (Å²) in [5.74, 6) is -1.13. The number of anilines is 1. The number of carbonyl (C=O) groups excluding carboxylic acids is 2. The second-order valence-corrected chi connectivity index (χ2v) is 6.26. The Morgan fingerprint density at radius 1 is 1.08 bits per heavy atom. The zero-order valence-electron chi connectivity index (χ0n) is 14.3. The van der Waals surface area contributed by atoms with E-state index in [-0.39, 0.29) is 18.4 Å². The fourth-order valence-corrected chi connectivity index (χ4v) is 3.57. The normalized spacial score (nSPS) is 25.0. The van der Waals surface area contributed by atoms with Gasteiger partial charge in [-0.15, -0.1) is 0 Å². The van der Waals surface area contributed by atoms with Crippen molar-refractivity contribution in [3.63, 3.8) is 0 Å². The number of hydroxylamine groups is 1. The number of likely N-dealkylation sites (tertiary alicyclic amines) is 1. The van der Waals surface area contributed by atoms with Gasteiger partial charge in [0.2, 0.25) is 5.91 Å². The first kappa shape index (κ1) is 16.7. The lowest BCUT2D eigenvalue weighted by Gasteiger charge is -2.28. The van der Waals surface area contributed by atoms with E-state index in [2.05, 4.69) is 4.98 Å². The molecule has 2 saturated heterocycles. The van der Waals surface area contributed by atoms with E-state index < -0.39 is 18.1 Å². The molecule has 0 spiro atoms. The predicted octanol–water partition coefficient (Wildman–Crippen LogP) is 1.57. The molecule has 0 radical (unpaired) electrons. The lowest BCUT2D eigenvalue weighted by Crippen LogP contribution is -2.39. The molecule has 2 fully saturated rings. The molecule has 2 amide bonds. The van der Waals surface area contributed by atoms with Crippen LogP contribution in [0.5, 0.6) is 0 Å². The second kappa shape index (κ2) is 6.86. The van der Waals surface area contributed by atoms with Gasteiger partial charge in [-0.05, 0) is 29.8 Å². The summed E-state index contributed by atoms with van der Waals surface area (Å²) in [5, 5.41) is 1.67. The van der Waals surface area contributed by atoms with Crippen LogP contribution in [-0.2, 0) is 19.2 Å². The molecule has 7 nitrogen and oxygen atoms in total. The monoisotopic (exact) mass is 353 g/mol. The molecule has 0 saturated carbocycles. The van der Waals surface area contributed by atoms with Gasteiger partial charge in [0.1, 0.15) is 5.92 Å². The van der Waals surface area contributed by atoms with Crippen molar-refractivity contribution in [3.05, 3.63) is 60.4 Å².